The molecule has 0 amide bonds. The maximum absolute atomic E-state index is 4.59. The molecule has 2 fully saturated rings. The van der Waals surface area contributed by atoms with Crippen LogP contribution in [-0.2, 0) is 13.0 Å². The standard InChI is InChI=1S/C13H20N2S/c1-2-12-15-11(8-16-12)7-14-9-13(5-6-13)10-3-4-10/h8,10,14H,2-7,9H2,1H3. The zero-order valence-corrected chi connectivity index (χ0v) is 10.8. The molecule has 0 radical (unpaired) electrons. The Morgan fingerprint density at radius 1 is 1.50 bits per heavy atom. The number of rotatable bonds is 6. The van der Waals surface area contributed by atoms with Gasteiger partial charge in [0, 0.05) is 18.5 Å². The highest BCUT2D eigenvalue weighted by Gasteiger charge is 2.53. The molecule has 88 valence electrons. The molecule has 0 saturated heterocycles. The molecule has 0 aromatic carbocycles. The van der Waals surface area contributed by atoms with Gasteiger partial charge in [0.2, 0.25) is 0 Å². The Bertz CT molecular complexity index is 364. The molecule has 2 saturated carbocycles. The molecule has 1 heterocycles. The van der Waals surface area contributed by atoms with E-state index in [9.17, 15) is 0 Å². The fourth-order valence-corrected chi connectivity index (χ4v) is 3.36. The zero-order chi connectivity index (χ0) is 11.0. The lowest BCUT2D eigenvalue weighted by atomic mass is 10.0. The molecule has 0 bridgehead atoms. The highest BCUT2D eigenvalue weighted by atomic mass is 32.1. The van der Waals surface area contributed by atoms with Gasteiger partial charge in [-0.2, -0.15) is 0 Å². The second-order valence-corrected chi connectivity index (χ2v) is 6.27. The third kappa shape index (κ3) is 2.16. The lowest BCUT2D eigenvalue weighted by Crippen LogP contribution is -2.25. The van der Waals surface area contributed by atoms with Gasteiger partial charge in [0.1, 0.15) is 0 Å². The first kappa shape index (κ1) is 10.7. The summed E-state index contributed by atoms with van der Waals surface area (Å²) >= 11 is 1.79. The lowest BCUT2D eigenvalue weighted by Gasteiger charge is -2.14. The largest absolute Gasteiger partial charge is 0.311 e. The van der Waals surface area contributed by atoms with Crippen LogP contribution in [0.25, 0.3) is 0 Å². The molecule has 2 nitrogen and oxygen atoms in total. The van der Waals surface area contributed by atoms with Crippen LogP contribution in [0.4, 0.5) is 0 Å². The maximum Gasteiger partial charge on any atom is 0.0926 e. The van der Waals surface area contributed by atoms with Crippen molar-refractivity contribution in [2.24, 2.45) is 11.3 Å². The molecule has 2 aliphatic rings. The summed E-state index contributed by atoms with van der Waals surface area (Å²) in [5.41, 5.74) is 1.94. The van der Waals surface area contributed by atoms with Crippen LogP contribution in [0.15, 0.2) is 5.38 Å². The van der Waals surface area contributed by atoms with E-state index >= 15 is 0 Å². The Morgan fingerprint density at radius 3 is 2.88 bits per heavy atom. The van der Waals surface area contributed by atoms with E-state index in [1.807, 2.05) is 0 Å². The molecule has 3 rings (SSSR count). The van der Waals surface area contributed by atoms with Gasteiger partial charge in [-0.25, -0.2) is 4.98 Å². The lowest BCUT2D eigenvalue weighted by molar-refractivity contribution is 0.402. The van der Waals surface area contributed by atoms with Gasteiger partial charge >= 0.3 is 0 Å². The van der Waals surface area contributed by atoms with Gasteiger partial charge in [0.15, 0.2) is 0 Å². The first-order chi connectivity index (χ1) is 7.82. The molecule has 1 aromatic rings. The third-order valence-electron chi connectivity index (χ3n) is 4.02. The molecule has 1 N–H and O–H groups in total. The number of hydrogen-bond donors (Lipinski definition) is 1. The fraction of sp³-hybridized carbons (Fsp3) is 0.769. The quantitative estimate of drug-likeness (QED) is 0.821. The summed E-state index contributed by atoms with van der Waals surface area (Å²) in [5, 5.41) is 7.07. The molecule has 2 aliphatic carbocycles. The number of aromatic nitrogens is 1. The number of nitrogens with zero attached hydrogens (tertiary/aromatic N) is 1. The van der Waals surface area contributed by atoms with Crippen LogP contribution in [0.1, 0.15) is 43.3 Å². The van der Waals surface area contributed by atoms with Gasteiger partial charge in [-0.05, 0) is 43.4 Å². The first-order valence-corrected chi connectivity index (χ1v) is 7.34. The predicted molar refractivity (Wildman–Crippen MR) is 67.6 cm³/mol. The van der Waals surface area contributed by atoms with Crippen LogP contribution in [-0.4, -0.2) is 11.5 Å². The monoisotopic (exact) mass is 236 g/mol. The van der Waals surface area contributed by atoms with Crippen LogP contribution >= 0.6 is 11.3 Å². The van der Waals surface area contributed by atoms with Gasteiger partial charge in [0.05, 0.1) is 10.7 Å². The van der Waals surface area contributed by atoms with E-state index in [-0.39, 0.29) is 0 Å². The van der Waals surface area contributed by atoms with Gasteiger partial charge in [-0.15, -0.1) is 11.3 Å². The topological polar surface area (TPSA) is 24.9 Å². The number of aryl methyl sites for hydroxylation is 1. The second kappa shape index (κ2) is 4.11. The van der Waals surface area contributed by atoms with E-state index in [1.165, 1.54) is 42.9 Å². The number of hydrogen-bond acceptors (Lipinski definition) is 3. The van der Waals surface area contributed by atoms with Crippen molar-refractivity contribution < 1.29 is 0 Å². The minimum absolute atomic E-state index is 0.712. The van der Waals surface area contributed by atoms with Gasteiger partial charge in [-0.3, -0.25) is 0 Å². The van der Waals surface area contributed by atoms with Gasteiger partial charge in [0.25, 0.3) is 0 Å². The SMILES string of the molecule is CCc1nc(CNCC2(C3CC3)CC2)cs1. The second-order valence-electron chi connectivity index (χ2n) is 5.33. The zero-order valence-electron chi connectivity index (χ0n) is 9.96. The van der Waals surface area contributed by atoms with Crippen LogP contribution in [0, 0.1) is 11.3 Å². The van der Waals surface area contributed by atoms with E-state index in [2.05, 4.69) is 22.6 Å². The Morgan fingerprint density at radius 2 is 2.31 bits per heavy atom. The summed E-state index contributed by atoms with van der Waals surface area (Å²) in [4.78, 5) is 4.59. The van der Waals surface area contributed by atoms with Crippen LogP contribution in [0.2, 0.25) is 0 Å². The van der Waals surface area contributed by atoms with E-state index < -0.39 is 0 Å². The van der Waals surface area contributed by atoms with Crippen molar-refractivity contribution in [1.82, 2.24) is 10.3 Å². The Labute approximate surface area is 101 Å². The highest BCUT2D eigenvalue weighted by molar-refractivity contribution is 7.09. The van der Waals surface area contributed by atoms with Crippen LogP contribution in [0.3, 0.4) is 0 Å². The van der Waals surface area contributed by atoms with E-state index in [1.54, 1.807) is 11.3 Å². The van der Waals surface area contributed by atoms with Crippen molar-refractivity contribution >= 4 is 11.3 Å². The summed E-state index contributed by atoms with van der Waals surface area (Å²) in [6.45, 7) is 4.35. The van der Waals surface area contributed by atoms with E-state index in [4.69, 9.17) is 0 Å². The Hall–Kier alpha value is -0.410. The Kier molecular flexibility index (Phi) is 2.76. The summed E-state index contributed by atoms with van der Waals surface area (Å²) in [7, 11) is 0. The molecular formula is C13H20N2S. The van der Waals surface area contributed by atoms with Crippen molar-refractivity contribution in [2.75, 3.05) is 6.54 Å². The van der Waals surface area contributed by atoms with Crippen molar-refractivity contribution in [1.29, 1.82) is 0 Å². The molecular weight excluding hydrogens is 216 g/mol. The van der Waals surface area contributed by atoms with Crippen molar-refractivity contribution in [2.45, 2.75) is 45.6 Å². The van der Waals surface area contributed by atoms with Crippen LogP contribution in [0.5, 0.6) is 0 Å². The fourth-order valence-electron chi connectivity index (χ4n) is 2.62. The molecule has 0 aliphatic heterocycles. The molecule has 0 spiro atoms. The molecule has 1 aromatic heterocycles. The molecule has 0 atom stereocenters. The summed E-state index contributed by atoms with van der Waals surface area (Å²) in [5.74, 6) is 1.06. The summed E-state index contributed by atoms with van der Waals surface area (Å²) in [6, 6.07) is 0. The molecule has 0 unspecified atom stereocenters. The van der Waals surface area contributed by atoms with Crippen molar-refractivity contribution in [3.05, 3.63) is 16.1 Å². The van der Waals surface area contributed by atoms with Gasteiger partial charge < -0.3 is 5.32 Å². The number of thiazole rings is 1. The van der Waals surface area contributed by atoms with Crippen LogP contribution < -0.4 is 5.32 Å². The average Bonchev–Trinajstić information content (AvgIpc) is 3.17. The Balaban J connectivity index is 1.46. The average molecular weight is 236 g/mol. The van der Waals surface area contributed by atoms with Crippen molar-refractivity contribution in [3.8, 4) is 0 Å². The highest BCUT2D eigenvalue weighted by Crippen LogP contribution is 2.60. The van der Waals surface area contributed by atoms with Crippen molar-refractivity contribution in [3.63, 3.8) is 0 Å². The molecule has 16 heavy (non-hydrogen) atoms. The minimum atomic E-state index is 0.712. The number of nitrogens with one attached hydrogen (secondary N) is 1. The van der Waals surface area contributed by atoms with Gasteiger partial charge in [-0.1, -0.05) is 6.92 Å². The third-order valence-corrected chi connectivity index (χ3v) is 5.06. The summed E-state index contributed by atoms with van der Waals surface area (Å²) in [6.07, 6.45) is 6.96. The normalized spacial score (nSPS) is 22.3. The predicted octanol–water partition coefficient (Wildman–Crippen LogP) is 2.99. The maximum atomic E-state index is 4.59. The first-order valence-electron chi connectivity index (χ1n) is 6.46. The van der Waals surface area contributed by atoms with E-state index in [0.717, 1.165) is 18.9 Å². The molecule has 3 heteroatoms. The minimum Gasteiger partial charge on any atom is -0.311 e. The summed E-state index contributed by atoms with van der Waals surface area (Å²) < 4.78 is 0. The van der Waals surface area contributed by atoms with E-state index in [0.29, 0.717) is 5.41 Å². The smallest absolute Gasteiger partial charge is 0.0926 e.